The van der Waals surface area contributed by atoms with Crippen LogP contribution in [0.5, 0.6) is 11.5 Å². The fraction of sp³-hybridized carbons (Fsp3) is 0.273. The van der Waals surface area contributed by atoms with Crippen molar-refractivity contribution < 1.29 is 19.1 Å². The van der Waals surface area contributed by atoms with Crippen molar-refractivity contribution in [1.82, 2.24) is 5.32 Å². The molecule has 0 aliphatic rings. The fourth-order valence-electron chi connectivity index (χ4n) is 2.36. The summed E-state index contributed by atoms with van der Waals surface area (Å²) in [6, 6.07) is 13.8. The van der Waals surface area contributed by atoms with E-state index in [1.807, 2.05) is 43.3 Å². The molecule has 0 saturated heterocycles. The van der Waals surface area contributed by atoms with Gasteiger partial charge in [-0.1, -0.05) is 31.2 Å². The lowest BCUT2D eigenvalue weighted by Gasteiger charge is -2.15. The van der Waals surface area contributed by atoms with Gasteiger partial charge in [0.25, 0.3) is 0 Å². The highest BCUT2D eigenvalue weighted by Gasteiger charge is 2.16. The molecule has 0 aliphatic heterocycles. The minimum Gasteiger partial charge on any atom is -0.497 e. The van der Waals surface area contributed by atoms with Gasteiger partial charge in [-0.25, -0.2) is 0 Å². The van der Waals surface area contributed by atoms with E-state index < -0.39 is 6.04 Å². The number of methoxy groups -OCH3 is 1. The minimum absolute atomic E-state index is 0.321. The Balaban J connectivity index is 1.91. The van der Waals surface area contributed by atoms with Gasteiger partial charge in [0, 0.05) is 6.08 Å². The Hall–Kier alpha value is -3.28. The zero-order valence-electron chi connectivity index (χ0n) is 16.4. The van der Waals surface area contributed by atoms with Crippen LogP contribution in [0.2, 0.25) is 0 Å². The molecule has 0 aliphatic carbocycles. The van der Waals surface area contributed by atoms with E-state index in [0.717, 1.165) is 17.7 Å². The second-order valence-electron chi connectivity index (χ2n) is 6.17. The molecule has 0 spiro atoms. The van der Waals surface area contributed by atoms with Crippen LogP contribution >= 0.6 is 0 Å². The maximum absolute atomic E-state index is 12.4. The molecule has 0 aromatic heterocycles. The Morgan fingerprint density at radius 2 is 1.82 bits per heavy atom. The maximum Gasteiger partial charge on any atom is 0.246 e. The summed E-state index contributed by atoms with van der Waals surface area (Å²) in [6.45, 7) is 4.21. The summed E-state index contributed by atoms with van der Waals surface area (Å²) >= 11 is 0. The summed E-state index contributed by atoms with van der Waals surface area (Å²) in [5, 5.41) is 5.45. The summed E-state index contributed by atoms with van der Waals surface area (Å²) in [7, 11) is 1.60. The summed E-state index contributed by atoms with van der Waals surface area (Å²) < 4.78 is 10.7. The number of carbonyl (C=O) groups excluding carboxylic acids is 2. The first-order valence-electron chi connectivity index (χ1n) is 9.18. The van der Waals surface area contributed by atoms with E-state index in [4.69, 9.17) is 9.47 Å². The van der Waals surface area contributed by atoms with E-state index in [1.54, 1.807) is 32.2 Å². The van der Waals surface area contributed by atoms with Crippen molar-refractivity contribution in [2.24, 2.45) is 0 Å². The first kappa shape index (κ1) is 21.0. The van der Waals surface area contributed by atoms with Gasteiger partial charge < -0.3 is 20.1 Å². The third-order valence-electron chi connectivity index (χ3n) is 3.90. The van der Waals surface area contributed by atoms with Crippen LogP contribution in [0.4, 0.5) is 5.69 Å². The van der Waals surface area contributed by atoms with Crippen molar-refractivity contribution in [1.29, 1.82) is 0 Å². The topological polar surface area (TPSA) is 76.7 Å². The second-order valence-corrected chi connectivity index (χ2v) is 6.17. The normalized spacial score (nSPS) is 11.7. The number of benzene rings is 2. The number of ether oxygens (including phenoxy) is 2. The molecule has 6 heteroatoms. The molecule has 2 N–H and O–H groups in total. The van der Waals surface area contributed by atoms with E-state index in [9.17, 15) is 9.59 Å². The van der Waals surface area contributed by atoms with Crippen molar-refractivity contribution in [3.8, 4) is 11.5 Å². The van der Waals surface area contributed by atoms with Crippen LogP contribution < -0.4 is 20.1 Å². The number of carbonyl (C=O) groups is 2. The van der Waals surface area contributed by atoms with Crippen molar-refractivity contribution in [3.05, 3.63) is 60.2 Å². The highest BCUT2D eigenvalue weighted by atomic mass is 16.5. The predicted molar refractivity (Wildman–Crippen MR) is 110 cm³/mol. The van der Waals surface area contributed by atoms with Gasteiger partial charge in [-0.05, 0) is 49.2 Å². The molecule has 148 valence electrons. The first-order chi connectivity index (χ1) is 13.5. The Morgan fingerprint density at radius 1 is 1.11 bits per heavy atom. The fourth-order valence-corrected chi connectivity index (χ4v) is 2.36. The van der Waals surface area contributed by atoms with Crippen LogP contribution in [0, 0.1) is 0 Å². The van der Waals surface area contributed by atoms with Gasteiger partial charge in [-0.15, -0.1) is 0 Å². The van der Waals surface area contributed by atoms with E-state index in [1.165, 1.54) is 6.08 Å². The highest BCUT2D eigenvalue weighted by Crippen LogP contribution is 2.24. The molecule has 0 radical (unpaired) electrons. The Bertz CT molecular complexity index is 816. The number of amides is 2. The van der Waals surface area contributed by atoms with Crippen LogP contribution in [-0.2, 0) is 9.59 Å². The van der Waals surface area contributed by atoms with Crippen LogP contribution in [0.15, 0.2) is 54.6 Å². The predicted octanol–water partition coefficient (Wildman–Crippen LogP) is 3.64. The van der Waals surface area contributed by atoms with Gasteiger partial charge in [0.1, 0.15) is 17.5 Å². The van der Waals surface area contributed by atoms with Crippen LogP contribution in [0.25, 0.3) is 6.08 Å². The van der Waals surface area contributed by atoms with Gasteiger partial charge in [0.15, 0.2) is 0 Å². The Labute approximate surface area is 165 Å². The molecular weight excluding hydrogens is 356 g/mol. The van der Waals surface area contributed by atoms with E-state index in [-0.39, 0.29) is 11.8 Å². The molecule has 1 unspecified atom stereocenters. The maximum atomic E-state index is 12.4. The SMILES string of the molecule is CCCOc1ccccc1NC(=O)C(C)NC(=O)/C=C/c1ccc(OC)cc1. The number of rotatable bonds is 9. The molecule has 2 aromatic carbocycles. The van der Waals surface area contributed by atoms with Gasteiger partial charge in [0.2, 0.25) is 11.8 Å². The zero-order chi connectivity index (χ0) is 20.4. The minimum atomic E-state index is -0.702. The van der Waals surface area contributed by atoms with Gasteiger partial charge in [-0.2, -0.15) is 0 Å². The molecule has 0 saturated carbocycles. The molecule has 2 aromatic rings. The van der Waals surface area contributed by atoms with Gasteiger partial charge in [0.05, 0.1) is 19.4 Å². The average Bonchev–Trinajstić information content (AvgIpc) is 2.71. The van der Waals surface area contributed by atoms with Gasteiger partial charge >= 0.3 is 0 Å². The number of para-hydroxylation sites is 2. The van der Waals surface area contributed by atoms with Gasteiger partial charge in [-0.3, -0.25) is 9.59 Å². The lowest BCUT2D eigenvalue weighted by Crippen LogP contribution is -2.40. The highest BCUT2D eigenvalue weighted by molar-refractivity contribution is 6.00. The van der Waals surface area contributed by atoms with E-state index in [0.29, 0.717) is 18.0 Å². The average molecular weight is 382 g/mol. The zero-order valence-corrected chi connectivity index (χ0v) is 16.4. The monoisotopic (exact) mass is 382 g/mol. The number of hydrogen-bond acceptors (Lipinski definition) is 4. The molecule has 2 amide bonds. The molecule has 6 nitrogen and oxygen atoms in total. The molecule has 28 heavy (non-hydrogen) atoms. The summed E-state index contributed by atoms with van der Waals surface area (Å²) in [4.78, 5) is 24.5. The quantitative estimate of drug-likeness (QED) is 0.649. The number of hydrogen-bond donors (Lipinski definition) is 2. The smallest absolute Gasteiger partial charge is 0.246 e. The van der Waals surface area contributed by atoms with Crippen molar-refractivity contribution in [2.45, 2.75) is 26.3 Å². The van der Waals surface area contributed by atoms with Crippen molar-refractivity contribution in [3.63, 3.8) is 0 Å². The lowest BCUT2D eigenvalue weighted by molar-refractivity contribution is -0.123. The van der Waals surface area contributed by atoms with Crippen LogP contribution in [0.1, 0.15) is 25.8 Å². The molecule has 0 fully saturated rings. The summed E-state index contributed by atoms with van der Waals surface area (Å²) in [6.07, 6.45) is 3.94. The molecule has 0 bridgehead atoms. The van der Waals surface area contributed by atoms with Crippen LogP contribution in [0.3, 0.4) is 0 Å². The lowest BCUT2D eigenvalue weighted by atomic mass is 10.2. The Kier molecular flexibility index (Phi) is 8.09. The largest absolute Gasteiger partial charge is 0.497 e. The molecule has 2 rings (SSSR count). The van der Waals surface area contributed by atoms with Crippen molar-refractivity contribution in [2.75, 3.05) is 19.0 Å². The molecule has 0 heterocycles. The number of nitrogens with one attached hydrogen (secondary N) is 2. The summed E-state index contributed by atoms with van der Waals surface area (Å²) in [5.41, 5.74) is 1.44. The Morgan fingerprint density at radius 3 is 2.50 bits per heavy atom. The van der Waals surface area contributed by atoms with E-state index in [2.05, 4.69) is 10.6 Å². The summed E-state index contributed by atoms with van der Waals surface area (Å²) in [5.74, 6) is 0.679. The van der Waals surface area contributed by atoms with E-state index >= 15 is 0 Å². The first-order valence-corrected chi connectivity index (χ1v) is 9.18. The molecular formula is C22H26N2O4. The van der Waals surface area contributed by atoms with Crippen molar-refractivity contribution >= 4 is 23.6 Å². The third-order valence-corrected chi connectivity index (χ3v) is 3.90. The second kappa shape index (κ2) is 10.8. The molecule has 1 atom stereocenters. The standard InChI is InChI=1S/C22H26N2O4/c1-4-15-28-20-8-6-5-7-19(20)24-22(26)16(2)23-21(25)14-11-17-9-12-18(27-3)13-10-17/h5-14,16H,4,15H2,1-3H3,(H,23,25)(H,24,26)/b14-11+. The van der Waals surface area contributed by atoms with Crippen LogP contribution in [-0.4, -0.2) is 31.6 Å². The third kappa shape index (κ3) is 6.46. The number of anilines is 1.